The topological polar surface area (TPSA) is 33.1 Å². The fourth-order valence-corrected chi connectivity index (χ4v) is 3.04. The highest BCUT2D eigenvalue weighted by molar-refractivity contribution is 7.98. The molecule has 0 saturated carbocycles. The molecular weight excluding hydrogens is 266 g/mol. The standard InChI is InChI=1S/C17H15NOS/c1-20-15-10-3-2-8-13(15)17(19)14-9-4-6-12-7-5-11-18-16(12)14/h2-11,17,19H,1H3. The van der Waals surface area contributed by atoms with E-state index < -0.39 is 6.10 Å². The monoisotopic (exact) mass is 281 g/mol. The number of thioether (sulfide) groups is 1. The van der Waals surface area contributed by atoms with E-state index in [1.165, 1.54) is 0 Å². The zero-order valence-corrected chi connectivity index (χ0v) is 12.0. The molecule has 1 atom stereocenters. The van der Waals surface area contributed by atoms with E-state index in [0.717, 1.165) is 26.9 Å². The van der Waals surface area contributed by atoms with E-state index in [0.29, 0.717) is 0 Å². The number of rotatable bonds is 3. The van der Waals surface area contributed by atoms with Crippen LogP contribution in [0.1, 0.15) is 17.2 Å². The Morgan fingerprint density at radius 1 is 0.950 bits per heavy atom. The SMILES string of the molecule is CSc1ccccc1C(O)c1cccc2cccnc12. The Hall–Kier alpha value is -1.84. The van der Waals surface area contributed by atoms with E-state index in [4.69, 9.17) is 0 Å². The molecular formula is C17H15NOS. The summed E-state index contributed by atoms with van der Waals surface area (Å²) in [6.07, 6.45) is 3.13. The molecule has 0 spiro atoms. The summed E-state index contributed by atoms with van der Waals surface area (Å²) in [5.41, 5.74) is 2.64. The minimum absolute atomic E-state index is 0.655. The van der Waals surface area contributed by atoms with Gasteiger partial charge in [-0.15, -0.1) is 11.8 Å². The molecule has 0 fully saturated rings. The van der Waals surface area contributed by atoms with Crippen molar-refractivity contribution in [2.24, 2.45) is 0 Å². The van der Waals surface area contributed by atoms with Crippen LogP contribution in [-0.4, -0.2) is 16.3 Å². The molecule has 1 heterocycles. The molecule has 0 amide bonds. The molecule has 1 unspecified atom stereocenters. The number of aliphatic hydroxyl groups is 1. The first-order valence-electron chi connectivity index (χ1n) is 6.46. The quantitative estimate of drug-likeness (QED) is 0.736. The van der Waals surface area contributed by atoms with Crippen LogP contribution in [0.5, 0.6) is 0 Å². The largest absolute Gasteiger partial charge is 0.384 e. The lowest BCUT2D eigenvalue weighted by Gasteiger charge is -2.16. The smallest absolute Gasteiger partial charge is 0.107 e. The predicted molar refractivity (Wildman–Crippen MR) is 84.0 cm³/mol. The number of nitrogens with zero attached hydrogens (tertiary/aromatic N) is 1. The Kier molecular flexibility index (Phi) is 3.72. The molecule has 0 aliphatic carbocycles. The summed E-state index contributed by atoms with van der Waals surface area (Å²) in [7, 11) is 0. The lowest BCUT2D eigenvalue weighted by molar-refractivity contribution is 0.219. The average molecular weight is 281 g/mol. The lowest BCUT2D eigenvalue weighted by Crippen LogP contribution is -2.02. The number of hydrogen-bond donors (Lipinski definition) is 1. The molecule has 0 aliphatic rings. The highest BCUT2D eigenvalue weighted by atomic mass is 32.2. The van der Waals surface area contributed by atoms with Crippen LogP contribution in [0.15, 0.2) is 65.7 Å². The van der Waals surface area contributed by atoms with Crippen LogP contribution in [-0.2, 0) is 0 Å². The van der Waals surface area contributed by atoms with E-state index in [1.807, 2.05) is 60.9 Å². The number of aromatic nitrogens is 1. The van der Waals surface area contributed by atoms with Crippen LogP contribution in [0.4, 0.5) is 0 Å². The summed E-state index contributed by atoms with van der Waals surface area (Å²) >= 11 is 1.64. The maximum absolute atomic E-state index is 10.7. The number of pyridine rings is 1. The summed E-state index contributed by atoms with van der Waals surface area (Å²) in [6.45, 7) is 0. The van der Waals surface area contributed by atoms with Gasteiger partial charge in [0.1, 0.15) is 6.10 Å². The molecule has 0 saturated heterocycles. The minimum atomic E-state index is -0.655. The predicted octanol–water partition coefficient (Wildman–Crippen LogP) is 4.04. The number of benzene rings is 2. The van der Waals surface area contributed by atoms with Crippen LogP contribution in [0.2, 0.25) is 0 Å². The van der Waals surface area contributed by atoms with Crippen molar-refractivity contribution < 1.29 is 5.11 Å². The lowest BCUT2D eigenvalue weighted by atomic mass is 9.99. The van der Waals surface area contributed by atoms with Gasteiger partial charge in [-0.3, -0.25) is 4.98 Å². The van der Waals surface area contributed by atoms with Gasteiger partial charge in [0.15, 0.2) is 0 Å². The Labute approximate surface area is 122 Å². The van der Waals surface area contributed by atoms with Gasteiger partial charge in [0.25, 0.3) is 0 Å². The van der Waals surface area contributed by atoms with Crippen LogP contribution < -0.4 is 0 Å². The zero-order valence-electron chi connectivity index (χ0n) is 11.2. The van der Waals surface area contributed by atoms with E-state index in [2.05, 4.69) is 4.98 Å². The Morgan fingerprint density at radius 2 is 1.70 bits per heavy atom. The number of hydrogen-bond acceptors (Lipinski definition) is 3. The Balaban J connectivity index is 2.15. The molecule has 0 bridgehead atoms. The third-order valence-electron chi connectivity index (χ3n) is 3.39. The molecule has 20 heavy (non-hydrogen) atoms. The molecule has 1 N–H and O–H groups in total. The normalized spacial score (nSPS) is 12.5. The van der Waals surface area contributed by atoms with E-state index in [1.54, 1.807) is 18.0 Å². The number of aliphatic hydroxyl groups excluding tert-OH is 1. The second-order valence-corrected chi connectivity index (χ2v) is 5.41. The van der Waals surface area contributed by atoms with Crippen LogP contribution in [0.25, 0.3) is 10.9 Å². The summed E-state index contributed by atoms with van der Waals surface area (Å²) in [4.78, 5) is 5.51. The first-order valence-corrected chi connectivity index (χ1v) is 7.68. The number of para-hydroxylation sites is 1. The van der Waals surface area contributed by atoms with Crippen molar-refractivity contribution >= 4 is 22.7 Å². The first kappa shape index (κ1) is 13.2. The van der Waals surface area contributed by atoms with Crippen LogP contribution >= 0.6 is 11.8 Å². The van der Waals surface area contributed by atoms with E-state index >= 15 is 0 Å². The van der Waals surface area contributed by atoms with Gasteiger partial charge in [-0.2, -0.15) is 0 Å². The van der Waals surface area contributed by atoms with Crippen molar-refractivity contribution in [3.8, 4) is 0 Å². The van der Waals surface area contributed by atoms with E-state index in [9.17, 15) is 5.11 Å². The minimum Gasteiger partial charge on any atom is -0.384 e. The first-order chi connectivity index (χ1) is 9.81. The van der Waals surface area contributed by atoms with Crippen molar-refractivity contribution in [3.05, 3.63) is 71.9 Å². The van der Waals surface area contributed by atoms with Crippen molar-refractivity contribution in [1.29, 1.82) is 0 Å². The molecule has 2 nitrogen and oxygen atoms in total. The zero-order chi connectivity index (χ0) is 13.9. The molecule has 100 valence electrons. The summed E-state index contributed by atoms with van der Waals surface area (Å²) in [5, 5.41) is 11.8. The maximum Gasteiger partial charge on any atom is 0.107 e. The van der Waals surface area contributed by atoms with Gasteiger partial charge < -0.3 is 5.11 Å². The third-order valence-corrected chi connectivity index (χ3v) is 4.20. The van der Waals surface area contributed by atoms with Crippen LogP contribution in [0, 0.1) is 0 Å². The molecule has 1 aromatic heterocycles. The van der Waals surface area contributed by atoms with Gasteiger partial charge >= 0.3 is 0 Å². The van der Waals surface area contributed by atoms with Gasteiger partial charge in [0.05, 0.1) is 5.52 Å². The molecule has 2 aromatic carbocycles. The van der Waals surface area contributed by atoms with Crippen LogP contribution in [0.3, 0.4) is 0 Å². The second-order valence-electron chi connectivity index (χ2n) is 4.57. The molecule has 3 heteroatoms. The molecule has 3 rings (SSSR count). The van der Waals surface area contributed by atoms with Crippen molar-refractivity contribution in [3.63, 3.8) is 0 Å². The van der Waals surface area contributed by atoms with Gasteiger partial charge in [0, 0.05) is 22.0 Å². The summed E-state index contributed by atoms with van der Waals surface area (Å²) < 4.78 is 0. The van der Waals surface area contributed by atoms with Gasteiger partial charge in [-0.25, -0.2) is 0 Å². The highest BCUT2D eigenvalue weighted by Crippen LogP contribution is 2.32. The van der Waals surface area contributed by atoms with Crippen molar-refractivity contribution in [2.45, 2.75) is 11.0 Å². The van der Waals surface area contributed by atoms with Gasteiger partial charge in [-0.05, 0) is 24.0 Å². The Bertz CT molecular complexity index is 736. The molecule has 0 aliphatic heterocycles. The highest BCUT2D eigenvalue weighted by Gasteiger charge is 2.16. The van der Waals surface area contributed by atoms with E-state index in [-0.39, 0.29) is 0 Å². The molecule has 0 radical (unpaired) electrons. The Morgan fingerprint density at radius 3 is 2.55 bits per heavy atom. The number of fused-ring (bicyclic) bond motifs is 1. The molecule has 3 aromatic rings. The van der Waals surface area contributed by atoms with Gasteiger partial charge in [-0.1, -0.05) is 42.5 Å². The average Bonchev–Trinajstić information content (AvgIpc) is 2.53. The fourth-order valence-electron chi connectivity index (χ4n) is 2.41. The summed E-state index contributed by atoms with van der Waals surface area (Å²) in [5.74, 6) is 0. The van der Waals surface area contributed by atoms with Crippen molar-refractivity contribution in [1.82, 2.24) is 4.98 Å². The maximum atomic E-state index is 10.7. The second kappa shape index (κ2) is 5.65. The summed E-state index contributed by atoms with van der Waals surface area (Å²) in [6, 6.07) is 17.8. The third kappa shape index (κ3) is 2.30. The van der Waals surface area contributed by atoms with Crippen molar-refractivity contribution in [2.75, 3.05) is 6.26 Å². The fraction of sp³-hybridized carbons (Fsp3) is 0.118. The van der Waals surface area contributed by atoms with Gasteiger partial charge in [0.2, 0.25) is 0 Å².